The molecule has 0 spiro atoms. The zero-order valence-corrected chi connectivity index (χ0v) is 18.4. The van der Waals surface area contributed by atoms with Crippen molar-refractivity contribution in [1.29, 1.82) is 5.26 Å². The van der Waals surface area contributed by atoms with Crippen molar-refractivity contribution in [1.82, 2.24) is 4.90 Å². The number of nitrogens with zero attached hydrogens (tertiary/aromatic N) is 2. The summed E-state index contributed by atoms with van der Waals surface area (Å²) in [5.74, 6) is 5.61. The van der Waals surface area contributed by atoms with Crippen molar-refractivity contribution < 1.29 is 19.1 Å². The lowest BCUT2D eigenvalue weighted by Crippen LogP contribution is -2.42. The van der Waals surface area contributed by atoms with Crippen LogP contribution in [0.1, 0.15) is 61.6 Å². The van der Waals surface area contributed by atoms with Crippen LogP contribution in [-0.4, -0.2) is 42.6 Å². The van der Waals surface area contributed by atoms with E-state index in [9.17, 15) is 14.4 Å². The zero-order valence-electron chi connectivity index (χ0n) is 18.4. The van der Waals surface area contributed by atoms with Crippen LogP contribution in [0, 0.1) is 41.9 Å². The summed E-state index contributed by atoms with van der Waals surface area (Å²) < 4.78 is 5.53. The van der Waals surface area contributed by atoms with E-state index in [1.165, 1.54) is 0 Å². The summed E-state index contributed by atoms with van der Waals surface area (Å²) in [6.45, 7) is 4.81. The Balaban J connectivity index is 1.74. The molecule has 0 bridgehead atoms. The second kappa shape index (κ2) is 9.79. The number of amides is 1. The molecular weight excluding hydrogens is 392 g/mol. The molecule has 1 aromatic carbocycles. The van der Waals surface area contributed by atoms with Crippen molar-refractivity contribution in [3.8, 4) is 23.7 Å². The number of methoxy groups -OCH3 is 1. The molecule has 0 unspecified atom stereocenters. The molecule has 1 saturated carbocycles. The Hall–Kier alpha value is -3.12. The van der Waals surface area contributed by atoms with E-state index in [-0.39, 0.29) is 35.7 Å². The normalized spacial score (nSPS) is 21.8. The van der Waals surface area contributed by atoms with Gasteiger partial charge in [-0.15, -0.1) is 5.92 Å². The molecule has 6 heteroatoms. The number of rotatable bonds is 4. The first-order valence-corrected chi connectivity index (χ1v) is 10.7. The summed E-state index contributed by atoms with van der Waals surface area (Å²) in [5.41, 5.74) is 2.30. The van der Waals surface area contributed by atoms with Crippen LogP contribution >= 0.6 is 0 Å². The molecule has 1 amide bonds. The van der Waals surface area contributed by atoms with Crippen LogP contribution < -0.4 is 4.74 Å². The minimum absolute atomic E-state index is 0.0148. The summed E-state index contributed by atoms with van der Waals surface area (Å²) in [4.78, 5) is 39.9. The highest BCUT2D eigenvalue weighted by Gasteiger charge is 2.42. The molecule has 2 fully saturated rings. The Kier molecular flexibility index (Phi) is 7.13. The molecular formula is C25H28N2O4. The SMILES string of the molecule is CC#Cc1cc(C)c(C2C(=O)CC(C3CCN(C(=O)CC#N)CC3)CC2=O)c(OC)c1. The molecule has 31 heavy (non-hydrogen) atoms. The summed E-state index contributed by atoms with van der Waals surface area (Å²) in [6, 6.07) is 5.59. The Bertz CT molecular complexity index is 969. The summed E-state index contributed by atoms with van der Waals surface area (Å²) >= 11 is 0. The number of hydrogen-bond donors (Lipinski definition) is 0. The number of ketones is 2. The van der Waals surface area contributed by atoms with Crippen LogP contribution in [-0.2, 0) is 14.4 Å². The van der Waals surface area contributed by atoms with Crippen LogP contribution in [0.4, 0.5) is 0 Å². The maximum absolute atomic E-state index is 13.1. The molecule has 0 atom stereocenters. The molecule has 0 N–H and O–H groups in total. The van der Waals surface area contributed by atoms with Gasteiger partial charge >= 0.3 is 0 Å². The lowest BCUT2D eigenvalue weighted by atomic mass is 9.69. The number of Topliss-reactive ketones (excluding diaryl/α,β-unsaturated/α-hetero) is 2. The van der Waals surface area contributed by atoms with Crippen molar-refractivity contribution in [2.75, 3.05) is 20.2 Å². The summed E-state index contributed by atoms with van der Waals surface area (Å²) in [7, 11) is 1.55. The lowest BCUT2D eigenvalue weighted by molar-refractivity contribution is -0.137. The molecule has 0 radical (unpaired) electrons. The topological polar surface area (TPSA) is 87.5 Å². The average Bonchev–Trinajstić information content (AvgIpc) is 2.74. The van der Waals surface area contributed by atoms with Crippen molar-refractivity contribution >= 4 is 17.5 Å². The first kappa shape index (κ1) is 22.6. The number of benzene rings is 1. The highest BCUT2D eigenvalue weighted by atomic mass is 16.5. The fraction of sp³-hybridized carbons (Fsp3) is 0.520. The highest BCUT2D eigenvalue weighted by Crippen LogP contribution is 2.41. The molecule has 1 saturated heterocycles. The second-order valence-corrected chi connectivity index (χ2v) is 8.37. The lowest BCUT2D eigenvalue weighted by Gasteiger charge is -2.38. The Morgan fingerprint density at radius 3 is 2.35 bits per heavy atom. The van der Waals surface area contributed by atoms with Crippen LogP contribution in [0.3, 0.4) is 0 Å². The average molecular weight is 421 g/mol. The van der Waals surface area contributed by atoms with E-state index in [4.69, 9.17) is 10.00 Å². The number of piperidine rings is 1. The maximum Gasteiger partial charge on any atom is 0.236 e. The minimum atomic E-state index is -0.785. The van der Waals surface area contributed by atoms with Gasteiger partial charge < -0.3 is 9.64 Å². The van der Waals surface area contributed by atoms with Gasteiger partial charge in [-0.2, -0.15) is 5.26 Å². The number of carbonyl (C=O) groups excluding carboxylic acids is 3. The number of carbonyl (C=O) groups is 3. The summed E-state index contributed by atoms with van der Waals surface area (Å²) in [5, 5.41) is 8.71. The first-order valence-electron chi connectivity index (χ1n) is 10.7. The van der Waals surface area contributed by atoms with E-state index in [1.54, 1.807) is 25.0 Å². The monoisotopic (exact) mass is 420 g/mol. The molecule has 1 aliphatic carbocycles. The van der Waals surface area contributed by atoms with Crippen molar-refractivity contribution in [3.05, 3.63) is 28.8 Å². The van der Waals surface area contributed by atoms with Gasteiger partial charge in [-0.25, -0.2) is 0 Å². The Morgan fingerprint density at radius 1 is 1.16 bits per heavy atom. The molecule has 0 aromatic heterocycles. The smallest absolute Gasteiger partial charge is 0.236 e. The Morgan fingerprint density at radius 2 is 1.81 bits per heavy atom. The zero-order chi connectivity index (χ0) is 22.5. The third-order valence-electron chi connectivity index (χ3n) is 6.49. The van der Waals surface area contributed by atoms with Gasteiger partial charge in [0.2, 0.25) is 5.91 Å². The van der Waals surface area contributed by atoms with Gasteiger partial charge in [0, 0.05) is 37.1 Å². The first-order chi connectivity index (χ1) is 14.9. The molecule has 1 heterocycles. The minimum Gasteiger partial charge on any atom is -0.496 e. The molecule has 2 aliphatic rings. The van der Waals surface area contributed by atoms with Gasteiger partial charge in [0.25, 0.3) is 0 Å². The number of nitriles is 1. The van der Waals surface area contributed by atoms with E-state index in [0.717, 1.165) is 24.0 Å². The summed E-state index contributed by atoms with van der Waals surface area (Å²) in [6.07, 6.45) is 2.16. The standard InChI is InChI=1S/C25H28N2O4/c1-4-5-17-12-16(2)24(22(13-17)31-3)25-20(28)14-19(15-21(25)29)18-7-10-27(11-8-18)23(30)6-9-26/h12-13,18-19,25H,6-8,10-11,14-15H2,1-3H3. The van der Waals surface area contributed by atoms with Gasteiger partial charge in [0.05, 0.1) is 13.2 Å². The third kappa shape index (κ3) is 4.80. The van der Waals surface area contributed by atoms with Crippen LogP contribution in [0.2, 0.25) is 0 Å². The third-order valence-corrected chi connectivity index (χ3v) is 6.49. The Labute approximate surface area is 183 Å². The number of hydrogen-bond acceptors (Lipinski definition) is 5. The maximum atomic E-state index is 13.1. The molecule has 1 aliphatic heterocycles. The predicted molar refractivity (Wildman–Crippen MR) is 115 cm³/mol. The molecule has 3 rings (SSSR count). The van der Waals surface area contributed by atoms with E-state index >= 15 is 0 Å². The van der Waals surface area contributed by atoms with Crippen molar-refractivity contribution in [3.63, 3.8) is 0 Å². The fourth-order valence-electron chi connectivity index (χ4n) is 4.98. The van der Waals surface area contributed by atoms with Crippen LogP contribution in [0.5, 0.6) is 5.75 Å². The van der Waals surface area contributed by atoms with Gasteiger partial charge in [0.15, 0.2) is 0 Å². The van der Waals surface area contributed by atoms with Crippen LogP contribution in [0.25, 0.3) is 0 Å². The van der Waals surface area contributed by atoms with E-state index in [1.807, 2.05) is 19.1 Å². The van der Waals surface area contributed by atoms with Gasteiger partial charge in [-0.3, -0.25) is 14.4 Å². The fourth-order valence-corrected chi connectivity index (χ4v) is 4.98. The molecule has 162 valence electrons. The van der Waals surface area contributed by atoms with Crippen molar-refractivity contribution in [2.24, 2.45) is 11.8 Å². The number of ether oxygens (including phenoxy) is 1. The quantitative estimate of drug-likeness (QED) is 0.552. The van der Waals surface area contributed by atoms with E-state index in [2.05, 4.69) is 11.8 Å². The van der Waals surface area contributed by atoms with Crippen molar-refractivity contribution in [2.45, 2.75) is 51.9 Å². The number of aryl methyl sites for hydroxylation is 1. The van der Waals surface area contributed by atoms with E-state index < -0.39 is 5.92 Å². The highest BCUT2D eigenvalue weighted by molar-refractivity contribution is 6.10. The largest absolute Gasteiger partial charge is 0.496 e. The molecule has 1 aromatic rings. The predicted octanol–water partition coefficient (Wildman–Crippen LogP) is 3.16. The number of likely N-dealkylation sites (tertiary alicyclic amines) is 1. The molecule has 6 nitrogen and oxygen atoms in total. The van der Waals surface area contributed by atoms with Gasteiger partial charge in [0.1, 0.15) is 29.7 Å². The second-order valence-electron chi connectivity index (χ2n) is 8.37. The van der Waals surface area contributed by atoms with Gasteiger partial charge in [-0.1, -0.05) is 5.92 Å². The van der Waals surface area contributed by atoms with Crippen LogP contribution in [0.15, 0.2) is 12.1 Å². The van der Waals surface area contributed by atoms with Gasteiger partial charge in [-0.05, 0) is 56.2 Å². The van der Waals surface area contributed by atoms with E-state index in [0.29, 0.717) is 37.2 Å².